The Labute approximate surface area is 171 Å². The first-order valence-electron chi connectivity index (χ1n) is 9.01. The van der Waals surface area contributed by atoms with E-state index in [2.05, 4.69) is 5.10 Å². The minimum atomic E-state index is -2.60. The van der Waals surface area contributed by atoms with Crippen LogP contribution in [0.4, 0.5) is 8.78 Å². The third-order valence-corrected chi connectivity index (χ3v) is 5.04. The Bertz CT molecular complexity index is 940. The molecule has 0 bridgehead atoms. The number of hydrogen-bond acceptors (Lipinski definition) is 4. The van der Waals surface area contributed by atoms with Gasteiger partial charge in [0.25, 0.3) is 6.43 Å². The van der Waals surface area contributed by atoms with Gasteiger partial charge >= 0.3 is 0 Å². The molecule has 0 saturated carbocycles. The molecule has 0 unspecified atom stereocenters. The minimum Gasteiger partial charge on any atom is -0.383 e. The van der Waals surface area contributed by atoms with Crippen LogP contribution >= 0.6 is 11.3 Å². The molecule has 2 heterocycles. The van der Waals surface area contributed by atoms with Crippen LogP contribution in [0.15, 0.2) is 60.1 Å². The Morgan fingerprint density at radius 2 is 2.07 bits per heavy atom. The Morgan fingerprint density at radius 1 is 1.28 bits per heavy atom. The summed E-state index contributed by atoms with van der Waals surface area (Å²) in [6.07, 6.45) is 2.14. The lowest BCUT2D eigenvalue weighted by molar-refractivity contribution is -0.128. The van der Waals surface area contributed by atoms with Crippen LogP contribution in [-0.2, 0) is 9.53 Å². The van der Waals surface area contributed by atoms with Gasteiger partial charge in [0.15, 0.2) is 0 Å². The van der Waals surface area contributed by atoms with Gasteiger partial charge in [-0.2, -0.15) is 5.10 Å². The fourth-order valence-electron chi connectivity index (χ4n) is 2.75. The fraction of sp³-hybridized carbons (Fsp3) is 0.238. The van der Waals surface area contributed by atoms with Crippen molar-refractivity contribution in [3.8, 4) is 16.3 Å². The van der Waals surface area contributed by atoms with Crippen molar-refractivity contribution in [1.82, 2.24) is 14.7 Å². The monoisotopic (exact) mass is 417 g/mol. The largest absolute Gasteiger partial charge is 0.383 e. The number of carbonyl (C=O) groups is 1. The van der Waals surface area contributed by atoms with E-state index >= 15 is 0 Å². The average Bonchev–Trinajstić information content (AvgIpc) is 3.39. The van der Waals surface area contributed by atoms with Crippen molar-refractivity contribution in [1.29, 1.82) is 0 Å². The van der Waals surface area contributed by atoms with Gasteiger partial charge < -0.3 is 9.64 Å². The van der Waals surface area contributed by atoms with Crippen LogP contribution in [0.5, 0.6) is 0 Å². The number of benzene rings is 1. The minimum absolute atomic E-state index is 0.102. The summed E-state index contributed by atoms with van der Waals surface area (Å²) in [5, 5.41) is 6.60. The van der Waals surface area contributed by atoms with E-state index in [0.717, 1.165) is 26.7 Å². The second-order valence-corrected chi connectivity index (χ2v) is 7.14. The number of ether oxygens (including phenoxy) is 1. The molecule has 2 aromatic heterocycles. The third-order valence-electron chi connectivity index (χ3n) is 4.16. The molecular formula is C21H21F2N3O2S. The SMILES string of the molecule is COCCN(CC(F)F)C(=O)/C=C/c1cn(-c2ccccc2)nc1-c1cccs1. The highest BCUT2D eigenvalue weighted by Crippen LogP contribution is 2.28. The molecule has 0 radical (unpaired) electrons. The maximum absolute atomic E-state index is 12.8. The predicted molar refractivity (Wildman–Crippen MR) is 110 cm³/mol. The second kappa shape index (κ2) is 10.1. The average molecular weight is 417 g/mol. The number of methoxy groups -OCH3 is 1. The summed E-state index contributed by atoms with van der Waals surface area (Å²) in [6, 6.07) is 13.5. The summed E-state index contributed by atoms with van der Waals surface area (Å²) in [5.74, 6) is -0.494. The molecule has 0 fully saturated rings. The van der Waals surface area contributed by atoms with Crippen molar-refractivity contribution in [2.45, 2.75) is 6.43 Å². The maximum Gasteiger partial charge on any atom is 0.255 e. The molecule has 0 atom stereocenters. The molecule has 1 amide bonds. The lowest BCUT2D eigenvalue weighted by Gasteiger charge is -2.20. The first-order valence-corrected chi connectivity index (χ1v) is 9.89. The molecule has 3 aromatic rings. The van der Waals surface area contributed by atoms with E-state index in [4.69, 9.17) is 4.74 Å². The summed E-state index contributed by atoms with van der Waals surface area (Å²) in [6.45, 7) is -0.336. The van der Waals surface area contributed by atoms with Crippen LogP contribution in [0, 0.1) is 0 Å². The van der Waals surface area contributed by atoms with Gasteiger partial charge in [-0.3, -0.25) is 4.79 Å². The first kappa shape index (κ1) is 20.9. The zero-order valence-electron chi connectivity index (χ0n) is 15.9. The van der Waals surface area contributed by atoms with Gasteiger partial charge in [0.05, 0.1) is 23.7 Å². The number of para-hydroxylation sites is 1. The van der Waals surface area contributed by atoms with Gasteiger partial charge in [-0.15, -0.1) is 11.3 Å². The van der Waals surface area contributed by atoms with E-state index in [1.165, 1.54) is 24.5 Å². The fourth-order valence-corrected chi connectivity index (χ4v) is 3.48. The molecule has 0 aliphatic heterocycles. The van der Waals surface area contributed by atoms with Crippen molar-refractivity contribution >= 4 is 23.3 Å². The molecule has 1 aromatic carbocycles. The van der Waals surface area contributed by atoms with Gasteiger partial charge in [0.2, 0.25) is 5.91 Å². The summed E-state index contributed by atoms with van der Waals surface area (Å²) in [5.41, 5.74) is 2.34. The molecule has 0 aliphatic carbocycles. The van der Waals surface area contributed by atoms with Crippen molar-refractivity contribution in [2.24, 2.45) is 0 Å². The van der Waals surface area contributed by atoms with Gasteiger partial charge in [-0.05, 0) is 29.7 Å². The number of nitrogens with zero attached hydrogens (tertiary/aromatic N) is 3. The van der Waals surface area contributed by atoms with E-state index in [0.29, 0.717) is 0 Å². The van der Waals surface area contributed by atoms with E-state index < -0.39 is 18.9 Å². The lowest BCUT2D eigenvalue weighted by atomic mass is 10.2. The standard InChI is InChI=1S/C21H21F2N3O2S/c1-28-12-11-25(15-19(22)23)20(27)10-9-16-14-26(17-6-3-2-4-7-17)24-21(16)18-8-5-13-29-18/h2-10,13-14,19H,11-12,15H2,1H3/b10-9+. The number of thiophene rings is 1. The molecule has 8 heteroatoms. The number of alkyl halides is 2. The van der Waals surface area contributed by atoms with Crippen molar-refractivity contribution in [2.75, 3.05) is 26.8 Å². The maximum atomic E-state index is 12.8. The highest BCUT2D eigenvalue weighted by atomic mass is 32.1. The topological polar surface area (TPSA) is 47.4 Å². The molecule has 152 valence electrons. The summed E-state index contributed by atoms with van der Waals surface area (Å²) < 4.78 is 32.3. The molecular weight excluding hydrogens is 396 g/mol. The Balaban J connectivity index is 1.88. The number of amides is 1. The Kier molecular flexibility index (Phi) is 7.26. The van der Waals surface area contributed by atoms with Gasteiger partial charge in [-0.1, -0.05) is 24.3 Å². The van der Waals surface area contributed by atoms with Crippen molar-refractivity contribution < 1.29 is 18.3 Å². The number of hydrogen-bond donors (Lipinski definition) is 0. The van der Waals surface area contributed by atoms with Crippen molar-refractivity contribution in [3.05, 3.63) is 65.7 Å². The number of rotatable bonds is 9. The normalized spacial score (nSPS) is 11.4. The third kappa shape index (κ3) is 5.58. The molecule has 0 aliphatic rings. The number of halogens is 2. The Morgan fingerprint density at radius 3 is 2.72 bits per heavy atom. The van der Waals surface area contributed by atoms with Crippen LogP contribution in [0.2, 0.25) is 0 Å². The summed E-state index contributed by atoms with van der Waals surface area (Å²) >= 11 is 1.54. The molecule has 0 spiro atoms. The lowest BCUT2D eigenvalue weighted by Crippen LogP contribution is -2.36. The number of carbonyl (C=O) groups excluding carboxylic acids is 1. The predicted octanol–water partition coefficient (Wildman–Crippen LogP) is 4.35. The van der Waals surface area contributed by atoms with E-state index in [1.807, 2.05) is 54.0 Å². The Hall–Kier alpha value is -2.84. The number of aromatic nitrogens is 2. The molecule has 29 heavy (non-hydrogen) atoms. The van der Waals surface area contributed by atoms with Gasteiger partial charge in [0, 0.05) is 31.5 Å². The van der Waals surface area contributed by atoms with Crippen LogP contribution in [-0.4, -0.2) is 53.8 Å². The second-order valence-electron chi connectivity index (χ2n) is 6.19. The van der Waals surface area contributed by atoms with E-state index in [9.17, 15) is 13.6 Å². The zero-order valence-corrected chi connectivity index (χ0v) is 16.7. The quantitative estimate of drug-likeness (QED) is 0.486. The van der Waals surface area contributed by atoms with Crippen LogP contribution in [0.25, 0.3) is 22.3 Å². The van der Waals surface area contributed by atoms with Crippen LogP contribution in [0.3, 0.4) is 0 Å². The van der Waals surface area contributed by atoms with E-state index in [-0.39, 0.29) is 13.2 Å². The van der Waals surface area contributed by atoms with Crippen molar-refractivity contribution in [3.63, 3.8) is 0 Å². The van der Waals surface area contributed by atoms with E-state index in [1.54, 1.807) is 10.8 Å². The zero-order chi connectivity index (χ0) is 20.6. The highest BCUT2D eigenvalue weighted by molar-refractivity contribution is 7.13. The molecule has 0 saturated heterocycles. The molecule has 5 nitrogen and oxygen atoms in total. The smallest absolute Gasteiger partial charge is 0.255 e. The van der Waals surface area contributed by atoms with Gasteiger partial charge in [-0.25, -0.2) is 13.5 Å². The van der Waals surface area contributed by atoms with Gasteiger partial charge in [0.1, 0.15) is 5.69 Å². The van der Waals surface area contributed by atoms with Crippen LogP contribution in [0.1, 0.15) is 5.56 Å². The highest BCUT2D eigenvalue weighted by Gasteiger charge is 2.17. The summed E-state index contributed by atoms with van der Waals surface area (Å²) in [7, 11) is 1.46. The first-order chi connectivity index (χ1) is 14.1. The molecule has 3 rings (SSSR count). The summed E-state index contributed by atoms with van der Waals surface area (Å²) in [4.78, 5) is 14.5. The molecule has 0 N–H and O–H groups in total. The van der Waals surface area contributed by atoms with Crippen LogP contribution < -0.4 is 0 Å².